The van der Waals surface area contributed by atoms with E-state index in [-0.39, 0.29) is 0 Å². The molecular formula is C52H33N5S. The number of fused-ring (bicyclic) bond motifs is 4. The van der Waals surface area contributed by atoms with Crippen molar-refractivity contribution < 1.29 is 0 Å². The molecule has 0 bridgehead atoms. The Morgan fingerprint density at radius 3 is 1.69 bits per heavy atom. The topological polar surface area (TPSA) is 56.5 Å². The van der Waals surface area contributed by atoms with Gasteiger partial charge in [0, 0.05) is 48.1 Å². The van der Waals surface area contributed by atoms with Crippen molar-refractivity contribution in [2.45, 2.75) is 0 Å². The van der Waals surface area contributed by atoms with Gasteiger partial charge < -0.3 is 0 Å². The summed E-state index contributed by atoms with van der Waals surface area (Å²) >= 11 is 1.78. The maximum Gasteiger partial charge on any atom is 0.165 e. The van der Waals surface area contributed by atoms with Gasteiger partial charge >= 0.3 is 0 Å². The van der Waals surface area contributed by atoms with Gasteiger partial charge in [0.2, 0.25) is 0 Å². The third-order valence-electron chi connectivity index (χ3n) is 10.7. The second kappa shape index (κ2) is 14.2. The van der Waals surface area contributed by atoms with Crippen LogP contribution in [0, 0.1) is 0 Å². The van der Waals surface area contributed by atoms with Gasteiger partial charge in [0.15, 0.2) is 17.5 Å². The number of rotatable bonds is 7. The molecule has 5 nitrogen and oxygen atoms in total. The second-order valence-corrected chi connectivity index (χ2v) is 15.2. The highest BCUT2D eigenvalue weighted by Crippen LogP contribution is 2.48. The monoisotopic (exact) mass is 759 g/mol. The first kappa shape index (κ1) is 33.8. The fraction of sp³-hybridized carbons (Fsp3) is 0. The van der Waals surface area contributed by atoms with E-state index in [9.17, 15) is 0 Å². The van der Waals surface area contributed by atoms with Gasteiger partial charge in [0.1, 0.15) is 5.82 Å². The van der Waals surface area contributed by atoms with Crippen LogP contribution in [0.25, 0.3) is 105 Å². The highest BCUT2D eigenvalue weighted by Gasteiger charge is 2.24. The fourth-order valence-corrected chi connectivity index (χ4v) is 9.31. The van der Waals surface area contributed by atoms with Crippen molar-refractivity contribution in [3.8, 4) is 73.5 Å². The average molecular weight is 760 g/mol. The van der Waals surface area contributed by atoms with Crippen molar-refractivity contribution in [1.29, 1.82) is 0 Å². The van der Waals surface area contributed by atoms with E-state index in [0.717, 1.165) is 87.2 Å². The minimum atomic E-state index is 0.628. The van der Waals surface area contributed by atoms with Crippen LogP contribution >= 0.6 is 11.3 Å². The number of imidazole rings is 1. The van der Waals surface area contributed by atoms with Crippen molar-refractivity contribution >= 4 is 42.5 Å². The molecular weight excluding hydrogens is 727 g/mol. The molecule has 0 radical (unpaired) electrons. The van der Waals surface area contributed by atoms with E-state index in [2.05, 4.69) is 180 Å². The van der Waals surface area contributed by atoms with Crippen molar-refractivity contribution in [3.63, 3.8) is 0 Å². The van der Waals surface area contributed by atoms with Crippen LogP contribution in [0.1, 0.15) is 0 Å². The lowest BCUT2D eigenvalue weighted by Crippen LogP contribution is -2.00. The summed E-state index contributed by atoms with van der Waals surface area (Å²) in [7, 11) is 0. The number of aromatic nitrogens is 5. The lowest BCUT2D eigenvalue weighted by atomic mass is 9.96. The van der Waals surface area contributed by atoms with Gasteiger partial charge in [0.25, 0.3) is 0 Å². The summed E-state index contributed by atoms with van der Waals surface area (Å²) in [5.74, 6) is 2.79. The van der Waals surface area contributed by atoms with Gasteiger partial charge in [-0.2, -0.15) is 0 Å². The van der Waals surface area contributed by atoms with Crippen LogP contribution < -0.4 is 0 Å². The Morgan fingerprint density at radius 2 is 0.931 bits per heavy atom. The van der Waals surface area contributed by atoms with Crippen molar-refractivity contribution in [1.82, 2.24) is 24.5 Å². The molecule has 0 aliphatic rings. The summed E-state index contributed by atoms with van der Waals surface area (Å²) in [6, 6.07) is 69.6. The normalized spacial score (nSPS) is 11.4. The summed E-state index contributed by atoms with van der Waals surface area (Å²) < 4.78 is 4.57. The molecule has 3 aromatic heterocycles. The molecule has 3 heterocycles. The Balaban J connectivity index is 1.18. The standard InChI is InChI=1S/C52H33N5S/c1-5-17-34(18-6-1)37-23-15-24-38(33-37)50-54-49(36-21-9-3-10-22-36)55-51(56-50)43-28-16-27-41-42-32-31-40(35-19-7-2-8-20-35)46(48(42)58-47(41)43)52-53-44-29-13-14-30-45(44)57(52)39-25-11-4-12-26-39/h1-33H. The third kappa shape index (κ3) is 5.86. The third-order valence-corrected chi connectivity index (χ3v) is 12.0. The first-order chi connectivity index (χ1) is 28.8. The van der Waals surface area contributed by atoms with Gasteiger partial charge in [-0.1, -0.05) is 164 Å². The molecule has 0 fully saturated rings. The predicted molar refractivity (Wildman–Crippen MR) is 240 cm³/mol. The van der Waals surface area contributed by atoms with E-state index in [4.69, 9.17) is 19.9 Å². The zero-order chi connectivity index (χ0) is 38.4. The maximum atomic E-state index is 5.40. The van der Waals surface area contributed by atoms with Crippen LogP contribution in [0.15, 0.2) is 200 Å². The first-order valence-corrected chi connectivity index (χ1v) is 20.1. The van der Waals surface area contributed by atoms with Gasteiger partial charge in [0.05, 0.1) is 11.0 Å². The summed E-state index contributed by atoms with van der Waals surface area (Å²) in [6.07, 6.45) is 0. The Morgan fingerprint density at radius 1 is 0.362 bits per heavy atom. The van der Waals surface area contributed by atoms with Crippen LogP contribution in [0.3, 0.4) is 0 Å². The van der Waals surface area contributed by atoms with Gasteiger partial charge in [-0.15, -0.1) is 11.3 Å². The molecule has 0 spiro atoms. The zero-order valence-corrected chi connectivity index (χ0v) is 32.0. The van der Waals surface area contributed by atoms with Gasteiger partial charge in [-0.05, 0) is 58.7 Å². The van der Waals surface area contributed by atoms with Crippen LogP contribution in [-0.4, -0.2) is 24.5 Å². The molecule has 0 saturated carbocycles. The van der Waals surface area contributed by atoms with E-state index in [1.807, 2.05) is 24.3 Å². The lowest BCUT2D eigenvalue weighted by molar-refractivity contribution is 1.08. The number of thiophene rings is 1. The molecule has 0 atom stereocenters. The molecule has 11 rings (SSSR count). The molecule has 272 valence electrons. The Kier molecular flexibility index (Phi) is 8.26. The molecule has 8 aromatic carbocycles. The fourth-order valence-electron chi connectivity index (χ4n) is 7.96. The van der Waals surface area contributed by atoms with Gasteiger partial charge in [-0.3, -0.25) is 4.57 Å². The quantitative estimate of drug-likeness (QED) is 0.162. The van der Waals surface area contributed by atoms with E-state index in [1.165, 1.54) is 0 Å². The number of hydrogen-bond donors (Lipinski definition) is 0. The molecule has 0 amide bonds. The molecule has 0 saturated heterocycles. The average Bonchev–Trinajstić information content (AvgIpc) is 3.89. The number of benzene rings is 8. The van der Waals surface area contributed by atoms with Gasteiger partial charge in [-0.25, -0.2) is 19.9 Å². The van der Waals surface area contributed by atoms with Crippen LogP contribution in [-0.2, 0) is 0 Å². The second-order valence-electron chi connectivity index (χ2n) is 14.2. The summed E-state index contributed by atoms with van der Waals surface area (Å²) in [5.41, 5.74) is 11.5. The highest BCUT2D eigenvalue weighted by molar-refractivity contribution is 7.27. The minimum Gasteiger partial charge on any atom is -0.292 e. The van der Waals surface area contributed by atoms with Crippen molar-refractivity contribution in [3.05, 3.63) is 200 Å². The summed E-state index contributed by atoms with van der Waals surface area (Å²) in [4.78, 5) is 20.9. The Bertz CT molecular complexity index is 3270. The molecule has 0 N–H and O–H groups in total. The van der Waals surface area contributed by atoms with Crippen LogP contribution in [0.5, 0.6) is 0 Å². The molecule has 6 heteroatoms. The van der Waals surface area contributed by atoms with Crippen LogP contribution in [0.2, 0.25) is 0 Å². The van der Waals surface area contributed by atoms with Crippen molar-refractivity contribution in [2.24, 2.45) is 0 Å². The molecule has 11 aromatic rings. The van der Waals surface area contributed by atoms with E-state index >= 15 is 0 Å². The lowest BCUT2D eigenvalue weighted by Gasteiger charge is -2.14. The first-order valence-electron chi connectivity index (χ1n) is 19.3. The molecule has 0 unspecified atom stereocenters. The summed E-state index contributed by atoms with van der Waals surface area (Å²) in [6.45, 7) is 0. The highest BCUT2D eigenvalue weighted by atomic mass is 32.1. The van der Waals surface area contributed by atoms with E-state index < -0.39 is 0 Å². The van der Waals surface area contributed by atoms with Crippen LogP contribution in [0.4, 0.5) is 0 Å². The Hall–Kier alpha value is -7.54. The van der Waals surface area contributed by atoms with Crippen molar-refractivity contribution in [2.75, 3.05) is 0 Å². The van der Waals surface area contributed by atoms with E-state index in [1.54, 1.807) is 11.3 Å². The molecule has 58 heavy (non-hydrogen) atoms. The molecule has 0 aliphatic carbocycles. The maximum absolute atomic E-state index is 5.40. The number of hydrogen-bond acceptors (Lipinski definition) is 5. The van der Waals surface area contributed by atoms with E-state index in [0.29, 0.717) is 17.5 Å². The Labute approximate surface area is 339 Å². The molecule has 0 aliphatic heterocycles. The SMILES string of the molecule is c1ccc(-c2cccc(-c3nc(-c4ccccc4)nc(-c4cccc5c4sc4c(-c6nc7ccccc7n6-c6ccccc6)c(-c6ccccc6)ccc45)n3)c2)cc1. The smallest absolute Gasteiger partial charge is 0.165 e. The zero-order valence-electron chi connectivity index (χ0n) is 31.2. The predicted octanol–water partition coefficient (Wildman–Crippen LogP) is 13.6. The number of para-hydroxylation sites is 3. The minimum absolute atomic E-state index is 0.628. The largest absolute Gasteiger partial charge is 0.292 e. The summed E-state index contributed by atoms with van der Waals surface area (Å²) in [5, 5.41) is 2.31. The number of nitrogens with zero attached hydrogens (tertiary/aromatic N) is 5.